The van der Waals surface area contributed by atoms with E-state index in [4.69, 9.17) is 16.7 Å². The molecule has 0 aromatic heterocycles. The standard InChI is InChI=1S/C9H9ClO2.CH4/c10-8-4-1-7(2-5-8)3-6-9(11)12;/h1-2,4-5H,3,6H2,(H,11,12);1H4. The van der Waals surface area contributed by atoms with Gasteiger partial charge in [0, 0.05) is 11.4 Å². The Kier molecular flexibility index (Phi) is 5.16. The summed E-state index contributed by atoms with van der Waals surface area (Å²) in [5.74, 6) is -0.773. The van der Waals surface area contributed by atoms with Gasteiger partial charge in [0.2, 0.25) is 0 Å². The summed E-state index contributed by atoms with van der Waals surface area (Å²) in [6.07, 6.45) is 0.730. The Balaban J connectivity index is 0.00000144. The van der Waals surface area contributed by atoms with Crippen LogP contribution in [0.1, 0.15) is 19.4 Å². The highest BCUT2D eigenvalue weighted by Gasteiger charge is 1.98. The van der Waals surface area contributed by atoms with Crippen molar-refractivity contribution in [2.45, 2.75) is 20.3 Å². The van der Waals surface area contributed by atoms with Gasteiger partial charge in [0.15, 0.2) is 0 Å². The van der Waals surface area contributed by atoms with Gasteiger partial charge >= 0.3 is 5.97 Å². The predicted molar refractivity (Wildman–Crippen MR) is 54.1 cm³/mol. The van der Waals surface area contributed by atoms with Crippen molar-refractivity contribution >= 4 is 17.6 Å². The van der Waals surface area contributed by atoms with Crippen LogP contribution in [0.5, 0.6) is 0 Å². The van der Waals surface area contributed by atoms with Crippen molar-refractivity contribution in [2.75, 3.05) is 0 Å². The number of hydrogen-bond acceptors (Lipinski definition) is 1. The zero-order valence-corrected chi connectivity index (χ0v) is 7.21. The third-order valence-electron chi connectivity index (χ3n) is 1.54. The molecule has 0 saturated heterocycles. The molecule has 1 N–H and O–H groups in total. The first kappa shape index (κ1) is 12.0. The van der Waals surface area contributed by atoms with Gasteiger partial charge < -0.3 is 5.11 Å². The largest absolute Gasteiger partial charge is 0.481 e. The van der Waals surface area contributed by atoms with E-state index in [2.05, 4.69) is 0 Å². The molecule has 0 amide bonds. The van der Waals surface area contributed by atoms with Crippen LogP contribution >= 0.6 is 11.6 Å². The summed E-state index contributed by atoms with van der Waals surface area (Å²) >= 11 is 5.66. The van der Waals surface area contributed by atoms with Crippen LogP contribution in [0.4, 0.5) is 0 Å². The molecular formula is C10H13ClO2. The van der Waals surface area contributed by atoms with Gasteiger partial charge in [-0.15, -0.1) is 0 Å². The second-order valence-electron chi connectivity index (χ2n) is 2.52. The Morgan fingerprint density at radius 3 is 2.31 bits per heavy atom. The second-order valence-corrected chi connectivity index (χ2v) is 2.96. The monoisotopic (exact) mass is 200 g/mol. The summed E-state index contributed by atoms with van der Waals surface area (Å²) in [5, 5.41) is 9.08. The lowest BCUT2D eigenvalue weighted by Crippen LogP contribution is -1.96. The van der Waals surface area contributed by atoms with E-state index in [0.29, 0.717) is 11.4 Å². The number of halogens is 1. The first-order valence-corrected chi connectivity index (χ1v) is 4.02. The van der Waals surface area contributed by atoms with E-state index in [1.165, 1.54) is 0 Å². The first-order valence-electron chi connectivity index (χ1n) is 3.65. The molecule has 0 aliphatic rings. The molecule has 0 aliphatic carbocycles. The van der Waals surface area contributed by atoms with Crippen molar-refractivity contribution in [1.29, 1.82) is 0 Å². The minimum absolute atomic E-state index is 0. The number of carboxylic acid groups (broad SMARTS) is 1. The molecule has 0 aliphatic heterocycles. The van der Waals surface area contributed by atoms with Gasteiger partial charge in [0.1, 0.15) is 0 Å². The summed E-state index contributed by atoms with van der Waals surface area (Å²) in [6.45, 7) is 0. The minimum Gasteiger partial charge on any atom is -0.481 e. The zero-order chi connectivity index (χ0) is 8.97. The Hall–Kier alpha value is -1.02. The van der Waals surface area contributed by atoms with Gasteiger partial charge in [-0.25, -0.2) is 0 Å². The normalized spacial score (nSPS) is 9.00. The van der Waals surface area contributed by atoms with Crippen molar-refractivity contribution in [1.82, 2.24) is 0 Å². The molecular weight excluding hydrogens is 188 g/mol. The van der Waals surface area contributed by atoms with Crippen LogP contribution in [0.25, 0.3) is 0 Å². The van der Waals surface area contributed by atoms with E-state index >= 15 is 0 Å². The lowest BCUT2D eigenvalue weighted by Gasteiger charge is -1.97. The average molecular weight is 201 g/mol. The van der Waals surface area contributed by atoms with Gasteiger partial charge in [0.05, 0.1) is 0 Å². The van der Waals surface area contributed by atoms with Gasteiger partial charge in [-0.3, -0.25) is 4.79 Å². The smallest absolute Gasteiger partial charge is 0.303 e. The molecule has 0 unspecified atom stereocenters. The summed E-state index contributed by atoms with van der Waals surface area (Å²) < 4.78 is 0. The third-order valence-corrected chi connectivity index (χ3v) is 1.79. The van der Waals surface area contributed by atoms with Crippen molar-refractivity contribution < 1.29 is 9.90 Å². The summed E-state index contributed by atoms with van der Waals surface area (Å²) in [5.41, 5.74) is 1.00. The lowest BCUT2D eigenvalue weighted by molar-refractivity contribution is -0.136. The maximum atomic E-state index is 10.2. The SMILES string of the molecule is C.O=C(O)CCc1ccc(Cl)cc1. The molecule has 72 valence electrons. The zero-order valence-electron chi connectivity index (χ0n) is 6.46. The van der Waals surface area contributed by atoms with Crippen LogP contribution in [0.3, 0.4) is 0 Å². The van der Waals surface area contributed by atoms with E-state index in [-0.39, 0.29) is 13.8 Å². The maximum Gasteiger partial charge on any atom is 0.303 e. The highest BCUT2D eigenvalue weighted by atomic mass is 35.5. The van der Waals surface area contributed by atoms with Crippen molar-refractivity contribution in [2.24, 2.45) is 0 Å². The van der Waals surface area contributed by atoms with Crippen LogP contribution < -0.4 is 0 Å². The molecule has 0 radical (unpaired) electrons. The lowest BCUT2D eigenvalue weighted by atomic mass is 10.1. The number of rotatable bonds is 3. The molecule has 2 nitrogen and oxygen atoms in total. The first-order chi connectivity index (χ1) is 5.68. The summed E-state index contributed by atoms with van der Waals surface area (Å²) in [6, 6.07) is 7.20. The molecule has 1 aromatic rings. The molecule has 0 bridgehead atoms. The number of hydrogen-bond donors (Lipinski definition) is 1. The quantitative estimate of drug-likeness (QED) is 0.815. The van der Waals surface area contributed by atoms with Gasteiger partial charge in [-0.2, -0.15) is 0 Å². The van der Waals surface area contributed by atoms with Gasteiger partial charge in [-0.1, -0.05) is 31.2 Å². The average Bonchev–Trinajstić information content (AvgIpc) is 2.03. The van der Waals surface area contributed by atoms with Gasteiger partial charge in [-0.05, 0) is 24.1 Å². The number of benzene rings is 1. The van der Waals surface area contributed by atoms with E-state index in [1.54, 1.807) is 12.1 Å². The summed E-state index contributed by atoms with van der Waals surface area (Å²) in [4.78, 5) is 10.2. The molecule has 0 saturated carbocycles. The Morgan fingerprint density at radius 2 is 1.85 bits per heavy atom. The molecule has 0 fully saturated rings. The number of aryl methyl sites for hydroxylation is 1. The fourth-order valence-electron chi connectivity index (χ4n) is 0.902. The van der Waals surface area contributed by atoms with Crippen LogP contribution in [0.2, 0.25) is 5.02 Å². The van der Waals surface area contributed by atoms with Crippen LogP contribution in [-0.4, -0.2) is 11.1 Å². The number of aliphatic carboxylic acids is 1. The predicted octanol–water partition coefficient (Wildman–Crippen LogP) is 2.99. The third kappa shape index (κ3) is 4.53. The van der Waals surface area contributed by atoms with E-state index in [9.17, 15) is 4.79 Å². The fourth-order valence-corrected chi connectivity index (χ4v) is 1.03. The number of carboxylic acids is 1. The molecule has 3 heteroatoms. The fraction of sp³-hybridized carbons (Fsp3) is 0.300. The highest BCUT2D eigenvalue weighted by molar-refractivity contribution is 6.30. The number of carbonyl (C=O) groups is 1. The summed E-state index contributed by atoms with van der Waals surface area (Å²) in [7, 11) is 0. The van der Waals surface area contributed by atoms with Crippen LogP contribution in [0.15, 0.2) is 24.3 Å². The molecule has 1 rings (SSSR count). The van der Waals surface area contributed by atoms with Crippen molar-refractivity contribution in [3.63, 3.8) is 0 Å². The van der Waals surface area contributed by atoms with Crippen molar-refractivity contribution in [3.8, 4) is 0 Å². The molecule has 0 atom stereocenters. The van der Waals surface area contributed by atoms with Gasteiger partial charge in [0.25, 0.3) is 0 Å². The molecule has 0 heterocycles. The Labute approximate surface area is 83.2 Å². The highest BCUT2D eigenvalue weighted by Crippen LogP contribution is 2.10. The second kappa shape index (κ2) is 5.60. The minimum atomic E-state index is -0.773. The Bertz CT molecular complexity index is 267. The van der Waals surface area contributed by atoms with E-state index < -0.39 is 5.97 Å². The van der Waals surface area contributed by atoms with Crippen molar-refractivity contribution in [3.05, 3.63) is 34.9 Å². The van der Waals surface area contributed by atoms with E-state index in [1.807, 2.05) is 12.1 Å². The van der Waals surface area contributed by atoms with Crippen LogP contribution in [-0.2, 0) is 11.2 Å². The molecule has 13 heavy (non-hydrogen) atoms. The topological polar surface area (TPSA) is 37.3 Å². The maximum absolute atomic E-state index is 10.2. The van der Waals surface area contributed by atoms with Crippen LogP contribution in [0, 0.1) is 0 Å². The molecule has 0 spiro atoms. The molecule has 1 aromatic carbocycles. The van der Waals surface area contributed by atoms with E-state index in [0.717, 1.165) is 5.56 Å². The Morgan fingerprint density at radius 1 is 1.31 bits per heavy atom.